The molecule has 11 heavy (non-hydrogen) atoms. The molecule has 2 aromatic rings. The summed E-state index contributed by atoms with van der Waals surface area (Å²) in [5, 5.41) is 0.901. The molecule has 0 aliphatic rings. The molecule has 56 valence electrons. The maximum absolute atomic E-state index is 12.6. The van der Waals surface area contributed by atoms with Crippen LogP contribution in [-0.2, 0) is 0 Å². The van der Waals surface area contributed by atoms with Crippen LogP contribution in [0.2, 0.25) is 0 Å². The van der Waals surface area contributed by atoms with Crippen molar-refractivity contribution in [3.63, 3.8) is 0 Å². The Bertz CT molecular complexity index is 394. The zero-order chi connectivity index (χ0) is 7.84. The van der Waals surface area contributed by atoms with Gasteiger partial charge in [0.2, 0.25) is 0 Å². The maximum Gasteiger partial charge on any atom is 0.170 e. The van der Waals surface area contributed by atoms with E-state index in [0.717, 1.165) is 5.39 Å². The van der Waals surface area contributed by atoms with Crippen LogP contribution in [0.15, 0.2) is 33.4 Å². The molecule has 1 heterocycles. The molecule has 0 unspecified atom stereocenters. The van der Waals surface area contributed by atoms with Crippen molar-refractivity contribution in [2.45, 2.75) is 0 Å². The van der Waals surface area contributed by atoms with Gasteiger partial charge in [0.15, 0.2) is 4.67 Å². The van der Waals surface area contributed by atoms with Crippen LogP contribution < -0.4 is 0 Å². The summed E-state index contributed by atoms with van der Waals surface area (Å²) in [5.74, 6) is -0.278. The Kier molecular flexibility index (Phi) is 1.46. The second kappa shape index (κ2) is 2.34. The minimum Gasteiger partial charge on any atom is -0.449 e. The average molecular weight is 215 g/mol. The van der Waals surface area contributed by atoms with Gasteiger partial charge in [0.25, 0.3) is 0 Å². The molecular formula is C8H4BrFO. The van der Waals surface area contributed by atoms with Crippen LogP contribution in [0.3, 0.4) is 0 Å². The Morgan fingerprint density at radius 2 is 2.09 bits per heavy atom. The molecule has 0 atom stereocenters. The third kappa shape index (κ3) is 1.16. The van der Waals surface area contributed by atoms with E-state index in [1.807, 2.05) is 0 Å². The van der Waals surface area contributed by atoms with Crippen molar-refractivity contribution in [2.24, 2.45) is 0 Å². The molecule has 0 saturated carbocycles. The molecule has 0 N–H and O–H groups in total. The van der Waals surface area contributed by atoms with Crippen LogP contribution in [-0.4, -0.2) is 0 Å². The highest BCUT2D eigenvalue weighted by Crippen LogP contribution is 2.23. The predicted molar refractivity (Wildman–Crippen MR) is 43.9 cm³/mol. The first kappa shape index (κ1) is 6.85. The first-order valence-electron chi connectivity index (χ1n) is 3.10. The lowest BCUT2D eigenvalue weighted by molar-refractivity contribution is 0.578. The van der Waals surface area contributed by atoms with Gasteiger partial charge in [-0.1, -0.05) is 0 Å². The van der Waals surface area contributed by atoms with E-state index in [0.29, 0.717) is 10.3 Å². The summed E-state index contributed by atoms with van der Waals surface area (Å²) in [6.07, 6.45) is 0. The van der Waals surface area contributed by atoms with Crippen molar-refractivity contribution >= 4 is 26.9 Å². The van der Waals surface area contributed by atoms with Crippen molar-refractivity contribution in [2.75, 3.05) is 0 Å². The molecule has 0 fully saturated rings. The summed E-state index contributed by atoms with van der Waals surface area (Å²) in [6, 6.07) is 6.25. The van der Waals surface area contributed by atoms with Crippen molar-refractivity contribution in [1.82, 2.24) is 0 Å². The highest BCUT2D eigenvalue weighted by Gasteiger charge is 2.00. The Morgan fingerprint density at radius 1 is 1.27 bits per heavy atom. The van der Waals surface area contributed by atoms with Crippen LogP contribution in [0.4, 0.5) is 4.39 Å². The largest absolute Gasteiger partial charge is 0.449 e. The number of benzene rings is 1. The molecule has 0 spiro atoms. The van der Waals surface area contributed by atoms with E-state index < -0.39 is 0 Å². The minimum atomic E-state index is -0.278. The molecule has 1 aromatic carbocycles. The monoisotopic (exact) mass is 214 g/mol. The van der Waals surface area contributed by atoms with Crippen molar-refractivity contribution in [1.29, 1.82) is 0 Å². The normalized spacial score (nSPS) is 10.7. The lowest BCUT2D eigenvalue weighted by atomic mass is 10.2. The third-order valence-electron chi connectivity index (χ3n) is 1.45. The van der Waals surface area contributed by atoms with E-state index in [1.165, 1.54) is 12.1 Å². The fraction of sp³-hybridized carbons (Fsp3) is 0. The van der Waals surface area contributed by atoms with E-state index in [1.54, 1.807) is 12.1 Å². The molecular weight excluding hydrogens is 211 g/mol. The molecule has 0 radical (unpaired) electrons. The van der Waals surface area contributed by atoms with Gasteiger partial charge in [0.1, 0.15) is 11.4 Å². The van der Waals surface area contributed by atoms with Gasteiger partial charge in [-0.25, -0.2) is 4.39 Å². The Balaban J connectivity index is 2.82. The van der Waals surface area contributed by atoms with Gasteiger partial charge in [0.05, 0.1) is 0 Å². The smallest absolute Gasteiger partial charge is 0.170 e. The van der Waals surface area contributed by atoms with Crippen LogP contribution in [0.5, 0.6) is 0 Å². The first-order valence-corrected chi connectivity index (χ1v) is 3.89. The summed E-state index contributed by atoms with van der Waals surface area (Å²) in [6.45, 7) is 0. The minimum absolute atomic E-state index is 0.278. The molecule has 0 aliphatic heterocycles. The molecule has 1 aromatic heterocycles. The standard InChI is InChI=1S/C8H4BrFO/c9-8-3-5-1-2-6(10)4-7(5)11-8/h1-4H. The number of fused-ring (bicyclic) bond motifs is 1. The van der Waals surface area contributed by atoms with E-state index in [4.69, 9.17) is 4.42 Å². The van der Waals surface area contributed by atoms with Gasteiger partial charge >= 0.3 is 0 Å². The number of rotatable bonds is 0. The Morgan fingerprint density at radius 3 is 2.91 bits per heavy atom. The van der Waals surface area contributed by atoms with Gasteiger partial charge < -0.3 is 4.42 Å². The Hall–Kier alpha value is -0.830. The third-order valence-corrected chi connectivity index (χ3v) is 1.84. The molecule has 0 saturated heterocycles. The molecule has 3 heteroatoms. The number of furan rings is 1. The second-order valence-corrected chi connectivity index (χ2v) is 3.01. The van der Waals surface area contributed by atoms with Crippen LogP contribution in [0, 0.1) is 5.82 Å². The van der Waals surface area contributed by atoms with Crippen molar-refractivity contribution in [3.05, 3.63) is 34.8 Å². The molecule has 0 bridgehead atoms. The highest BCUT2D eigenvalue weighted by molar-refractivity contribution is 9.10. The lowest BCUT2D eigenvalue weighted by Gasteiger charge is -1.86. The molecule has 0 aliphatic carbocycles. The summed E-state index contributed by atoms with van der Waals surface area (Å²) in [5.41, 5.74) is 0.567. The first-order chi connectivity index (χ1) is 5.25. The molecule has 0 amide bonds. The zero-order valence-electron chi connectivity index (χ0n) is 5.47. The van der Waals surface area contributed by atoms with E-state index >= 15 is 0 Å². The van der Waals surface area contributed by atoms with E-state index in [9.17, 15) is 4.39 Å². The topological polar surface area (TPSA) is 13.1 Å². The quantitative estimate of drug-likeness (QED) is 0.656. The van der Waals surface area contributed by atoms with Gasteiger partial charge in [-0.3, -0.25) is 0 Å². The number of hydrogen-bond donors (Lipinski definition) is 0. The lowest BCUT2D eigenvalue weighted by Crippen LogP contribution is -1.68. The van der Waals surface area contributed by atoms with Crippen LogP contribution >= 0.6 is 15.9 Å². The van der Waals surface area contributed by atoms with Crippen molar-refractivity contribution < 1.29 is 8.81 Å². The van der Waals surface area contributed by atoms with Crippen molar-refractivity contribution in [3.8, 4) is 0 Å². The average Bonchev–Trinajstić information content (AvgIpc) is 2.27. The van der Waals surface area contributed by atoms with E-state index in [-0.39, 0.29) is 5.82 Å². The van der Waals surface area contributed by atoms with Gasteiger partial charge in [-0.2, -0.15) is 0 Å². The predicted octanol–water partition coefficient (Wildman–Crippen LogP) is 3.33. The SMILES string of the molecule is Fc1ccc2cc(Br)oc2c1. The maximum atomic E-state index is 12.6. The second-order valence-electron chi connectivity index (χ2n) is 2.23. The Labute approximate surface area is 70.9 Å². The summed E-state index contributed by atoms with van der Waals surface area (Å²) in [4.78, 5) is 0. The van der Waals surface area contributed by atoms with Gasteiger partial charge in [-0.05, 0) is 34.1 Å². The number of halogens is 2. The van der Waals surface area contributed by atoms with Crippen LogP contribution in [0.25, 0.3) is 11.0 Å². The molecule has 1 nitrogen and oxygen atoms in total. The summed E-state index contributed by atoms with van der Waals surface area (Å²) < 4.78 is 18.3. The summed E-state index contributed by atoms with van der Waals surface area (Å²) >= 11 is 3.16. The molecule has 2 rings (SSSR count). The summed E-state index contributed by atoms with van der Waals surface area (Å²) in [7, 11) is 0. The van der Waals surface area contributed by atoms with E-state index in [2.05, 4.69) is 15.9 Å². The number of hydrogen-bond acceptors (Lipinski definition) is 1. The van der Waals surface area contributed by atoms with Gasteiger partial charge in [0, 0.05) is 11.5 Å². The van der Waals surface area contributed by atoms with Gasteiger partial charge in [-0.15, -0.1) is 0 Å². The van der Waals surface area contributed by atoms with Crippen LogP contribution in [0.1, 0.15) is 0 Å². The highest BCUT2D eigenvalue weighted by atomic mass is 79.9. The fourth-order valence-electron chi connectivity index (χ4n) is 0.973. The zero-order valence-corrected chi connectivity index (χ0v) is 7.06. The fourth-order valence-corrected chi connectivity index (χ4v) is 1.39.